The molecule has 14 heavy (non-hydrogen) atoms. The van der Waals surface area contributed by atoms with Crippen LogP contribution in [0.3, 0.4) is 0 Å². The molecule has 0 fully saturated rings. The van der Waals surface area contributed by atoms with E-state index in [2.05, 4.69) is 35.0 Å². The van der Waals surface area contributed by atoms with Crippen molar-refractivity contribution in [1.29, 1.82) is 0 Å². The molecule has 0 aromatic heterocycles. The SMILES string of the molecule is CC(c1ccccc1Br)C(CN)CN. The summed E-state index contributed by atoms with van der Waals surface area (Å²) in [5.41, 5.74) is 12.6. The van der Waals surface area contributed by atoms with Crippen molar-refractivity contribution in [3.05, 3.63) is 34.3 Å². The van der Waals surface area contributed by atoms with E-state index in [0.29, 0.717) is 24.9 Å². The van der Waals surface area contributed by atoms with E-state index in [0.717, 1.165) is 4.47 Å². The number of hydrogen-bond donors (Lipinski definition) is 2. The first-order chi connectivity index (χ1) is 6.70. The van der Waals surface area contributed by atoms with Crippen molar-refractivity contribution in [2.24, 2.45) is 17.4 Å². The first kappa shape index (κ1) is 11.7. The second-order valence-electron chi connectivity index (χ2n) is 3.54. The molecule has 0 heterocycles. The molecule has 4 N–H and O–H groups in total. The number of benzene rings is 1. The normalized spacial score (nSPS) is 13.2. The molecule has 0 radical (unpaired) electrons. The maximum atomic E-state index is 5.68. The molecule has 3 heteroatoms. The molecule has 0 aliphatic rings. The zero-order valence-electron chi connectivity index (χ0n) is 8.41. The Hall–Kier alpha value is -0.380. The third-order valence-corrected chi connectivity index (χ3v) is 3.43. The molecule has 0 spiro atoms. The van der Waals surface area contributed by atoms with Gasteiger partial charge in [0.05, 0.1) is 0 Å². The largest absolute Gasteiger partial charge is 0.330 e. The third kappa shape index (κ3) is 2.56. The van der Waals surface area contributed by atoms with Crippen LogP contribution in [0.2, 0.25) is 0 Å². The van der Waals surface area contributed by atoms with Crippen molar-refractivity contribution in [1.82, 2.24) is 0 Å². The molecule has 1 rings (SSSR count). The lowest BCUT2D eigenvalue weighted by molar-refractivity contribution is 0.465. The lowest BCUT2D eigenvalue weighted by Crippen LogP contribution is -2.28. The Morgan fingerprint density at radius 2 is 1.79 bits per heavy atom. The van der Waals surface area contributed by atoms with E-state index in [1.165, 1.54) is 5.56 Å². The average Bonchev–Trinajstić information content (AvgIpc) is 2.20. The summed E-state index contributed by atoms with van der Waals surface area (Å²) in [5, 5.41) is 0. The fourth-order valence-electron chi connectivity index (χ4n) is 1.60. The highest BCUT2D eigenvalue weighted by Crippen LogP contribution is 2.29. The summed E-state index contributed by atoms with van der Waals surface area (Å²) in [5.74, 6) is 0.759. The van der Waals surface area contributed by atoms with Crippen LogP contribution >= 0.6 is 15.9 Å². The van der Waals surface area contributed by atoms with Gasteiger partial charge in [-0.3, -0.25) is 0 Å². The summed E-state index contributed by atoms with van der Waals surface area (Å²) in [6.45, 7) is 3.45. The van der Waals surface area contributed by atoms with Crippen LogP contribution in [0.25, 0.3) is 0 Å². The lowest BCUT2D eigenvalue weighted by Gasteiger charge is -2.22. The second kappa shape index (κ2) is 5.49. The maximum Gasteiger partial charge on any atom is 0.0210 e. The third-order valence-electron chi connectivity index (χ3n) is 2.71. The maximum absolute atomic E-state index is 5.68. The Labute approximate surface area is 93.8 Å². The van der Waals surface area contributed by atoms with Crippen LogP contribution in [0.4, 0.5) is 0 Å². The molecule has 0 saturated carbocycles. The summed E-state index contributed by atoms with van der Waals surface area (Å²) >= 11 is 3.54. The molecule has 0 aliphatic carbocycles. The van der Waals surface area contributed by atoms with Crippen molar-refractivity contribution < 1.29 is 0 Å². The Morgan fingerprint density at radius 1 is 1.21 bits per heavy atom. The molecular weight excluding hydrogens is 240 g/mol. The molecule has 1 aromatic carbocycles. The summed E-state index contributed by atoms with van der Waals surface area (Å²) in [4.78, 5) is 0. The topological polar surface area (TPSA) is 52.0 Å². The van der Waals surface area contributed by atoms with Crippen LogP contribution in [0.5, 0.6) is 0 Å². The Balaban J connectivity index is 2.88. The minimum Gasteiger partial charge on any atom is -0.330 e. The highest BCUT2D eigenvalue weighted by molar-refractivity contribution is 9.10. The van der Waals surface area contributed by atoms with Crippen LogP contribution < -0.4 is 11.5 Å². The monoisotopic (exact) mass is 256 g/mol. The smallest absolute Gasteiger partial charge is 0.0210 e. The van der Waals surface area contributed by atoms with Crippen LogP contribution in [0.15, 0.2) is 28.7 Å². The molecule has 0 bridgehead atoms. The predicted molar refractivity (Wildman–Crippen MR) is 64.2 cm³/mol. The quantitative estimate of drug-likeness (QED) is 0.867. The van der Waals surface area contributed by atoms with Gasteiger partial charge in [-0.25, -0.2) is 0 Å². The Kier molecular flexibility index (Phi) is 4.58. The van der Waals surface area contributed by atoms with Gasteiger partial charge in [0, 0.05) is 4.47 Å². The van der Waals surface area contributed by atoms with Gasteiger partial charge >= 0.3 is 0 Å². The van der Waals surface area contributed by atoms with E-state index >= 15 is 0 Å². The Morgan fingerprint density at radius 3 is 2.29 bits per heavy atom. The van der Waals surface area contributed by atoms with Gasteiger partial charge in [-0.2, -0.15) is 0 Å². The minimum atomic E-state index is 0.355. The van der Waals surface area contributed by atoms with E-state index in [1.54, 1.807) is 0 Å². The van der Waals surface area contributed by atoms with E-state index in [9.17, 15) is 0 Å². The number of hydrogen-bond acceptors (Lipinski definition) is 2. The van der Waals surface area contributed by atoms with E-state index in [1.807, 2.05) is 12.1 Å². The van der Waals surface area contributed by atoms with E-state index in [-0.39, 0.29) is 0 Å². The second-order valence-corrected chi connectivity index (χ2v) is 4.40. The lowest BCUT2D eigenvalue weighted by atomic mass is 9.88. The molecule has 1 unspecified atom stereocenters. The first-order valence-corrected chi connectivity index (χ1v) is 5.64. The van der Waals surface area contributed by atoms with Gasteiger partial charge in [-0.05, 0) is 36.6 Å². The van der Waals surface area contributed by atoms with Crippen molar-refractivity contribution >= 4 is 15.9 Å². The van der Waals surface area contributed by atoms with E-state index in [4.69, 9.17) is 11.5 Å². The molecule has 0 amide bonds. The molecule has 2 nitrogen and oxygen atoms in total. The van der Waals surface area contributed by atoms with Crippen molar-refractivity contribution in [3.8, 4) is 0 Å². The molecule has 0 aliphatic heterocycles. The van der Waals surface area contributed by atoms with Gasteiger partial charge in [-0.1, -0.05) is 41.1 Å². The van der Waals surface area contributed by atoms with Crippen LogP contribution in [0, 0.1) is 5.92 Å². The van der Waals surface area contributed by atoms with Crippen LogP contribution in [-0.2, 0) is 0 Å². The van der Waals surface area contributed by atoms with Crippen molar-refractivity contribution in [3.63, 3.8) is 0 Å². The molecule has 78 valence electrons. The summed E-state index contributed by atoms with van der Waals surface area (Å²) in [6.07, 6.45) is 0. The summed E-state index contributed by atoms with van der Waals surface area (Å²) in [6, 6.07) is 8.23. The average molecular weight is 257 g/mol. The highest BCUT2D eigenvalue weighted by Gasteiger charge is 2.17. The molecule has 0 saturated heterocycles. The van der Waals surface area contributed by atoms with Gasteiger partial charge in [0.25, 0.3) is 0 Å². The minimum absolute atomic E-state index is 0.355. The number of halogens is 1. The van der Waals surface area contributed by atoms with E-state index < -0.39 is 0 Å². The van der Waals surface area contributed by atoms with Gasteiger partial charge < -0.3 is 11.5 Å². The van der Waals surface area contributed by atoms with Gasteiger partial charge in [0.15, 0.2) is 0 Å². The zero-order chi connectivity index (χ0) is 10.6. The first-order valence-electron chi connectivity index (χ1n) is 4.85. The number of nitrogens with two attached hydrogens (primary N) is 2. The van der Waals surface area contributed by atoms with Gasteiger partial charge in [0.1, 0.15) is 0 Å². The predicted octanol–water partition coefficient (Wildman–Crippen LogP) is 2.09. The standard InChI is InChI=1S/C11H17BrN2/c1-8(9(6-13)7-14)10-4-2-3-5-11(10)12/h2-5,8-9H,6-7,13-14H2,1H3. The van der Waals surface area contributed by atoms with Crippen molar-refractivity contribution in [2.45, 2.75) is 12.8 Å². The Bertz CT molecular complexity index is 284. The molecule has 1 aromatic rings. The number of rotatable bonds is 4. The van der Waals surface area contributed by atoms with Gasteiger partial charge in [0.2, 0.25) is 0 Å². The molecular formula is C11H17BrN2. The highest BCUT2D eigenvalue weighted by atomic mass is 79.9. The fourth-order valence-corrected chi connectivity index (χ4v) is 2.25. The van der Waals surface area contributed by atoms with Gasteiger partial charge in [-0.15, -0.1) is 0 Å². The summed E-state index contributed by atoms with van der Waals surface area (Å²) < 4.78 is 1.14. The van der Waals surface area contributed by atoms with Crippen LogP contribution in [0.1, 0.15) is 18.4 Å². The van der Waals surface area contributed by atoms with Crippen molar-refractivity contribution in [2.75, 3.05) is 13.1 Å². The fraction of sp³-hybridized carbons (Fsp3) is 0.455. The zero-order valence-corrected chi connectivity index (χ0v) is 10.00. The van der Waals surface area contributed by atoms with Crippen LogP contribution in [-0.4, -0.2) is 13.1 Å². The summed E-state index contributed by atoms with van der Waals surface area (Å²) in [7, 11) is 0. The molecule has 1 atom stereocenters.